The third-order valence-corrected chi connectivity index (χ3v) is 6.55. The van der Waals surface area contributed by atoms with Crippen molar-refractivity contribution in [3.63, 3.8) is 0 Å². The summed E-state index contributed by atoms with van der Waals surface area (Å²) in [5, 5.41) is 3.19. The number of amides is 3. The number of unbranched alkanes of at least 4 members (excludes halogenated alkanes) is 1. The highest BCUT2D eigenvalue weighted by atomic mass is 32.2. The molecule has 1 N–H and O–H groups in total. The molecule has 3 rings (SSSR count). The highest BCUT2D eigenvalue weighted by molar-refractivity contribution is 7.99. The number of thioether (sulfide) groups is 1. The minimum atomic E-state index is -0.188. The normalized spacial score (nSPS) is 17.9. The first-order valence-electron chi connectivity index (χ1n) is 10.5. The molecule has 5 nitrogen and oxygen atoms in total. The lowest BCUT2D eigenvalue weighted by atomic mass is 9.97. The maximum Gasteiger partial charge on any atom is 0.261 e. The van der Waals surface area contributed by atoms with Gasteiger partial charge in [0.1, 0.15) is 0 Å². The van der Waals surface area contributed by atoms with Crippen LogP contribution in [0.1, 0.15) is 78.5 Å². The molecule has 0 unspecified atom stereocenters. The highest BCUT2D eigenvalue weighted by Gasteiger charge is 2.34. The maximum atomic E-state index is 12.3. The molecule has 1 aromatic carbocycles. The second-order valence-corrected chi connectivity index (χ2v) is 8.78. The van der Waals surface area contributed by atoms with Crippen molar-refractivity contribution in [2.75, 3.05) is 18.1 Å². The summed E-state index contributed by atoms with van der Waals surface area (Å²) in [7, 11) is 0. The Morgan fingerprint density at radius 2 is 1.57 bits per heavy atom. The summed E-state index contributed by atoms with van der Waals surface area (Å²) in [4.78, 5) is 38.1. The van der Waals surface area contributed by atoms with Crippen LogP contribution in [-0.4, -0.2) is 46.7 Å². The van der Waals surface area contributed by atoms with Crippen LogP contribution in [0.4, 0.5) is 0 Å². The zero-order valence-corrected chi connectivity index (χ0v) is 17.3. The summed E-state index contributed by atoms with van der Waals surface area (Å²) in [5.41, 5.74) is 1.01. The molecular weight excluding hydrogens is 372 g/mol. The third kappa shape index (κ3) is 5.60. The van der Waals surface area contributed by atoms with Gasteiger partial charge in [0, 0.05) is 12.6 Å². The third-order valence-electron chi connectivity index (χ3n) is 5.50. The molecular formula is C22H30N2O3S. The van der Waals surface area contributed by atoms with E-state index >= 15 is 0 Å². The Morgan fingerprint density at radius 3 is 2.21 bits per heavy atom. The lowest BCUT2D eigenvalue weighted by molar-refractivity contribution is -0.119. The largest absolute Gasteiger partial charge is 0.353 e. The van der Waals surface area contributed by atoms with Gasteiger partial charge < -0.3 is 5.32 Å². The number of carbonyl (C=O) groups is 3. The van der Waals surface area contributed by atoms with E-state index in [0.717, 1.165) is 31.4 Å². The van der Waals surface area contributed by atoms with Crippen LogP contribution >= 0.6 is 11.8 Å². The van der Waals surface area contributed by atoms with Crippen molar-refractivity contribution in [1.82, 2.24) is 10.2 Å². The predicted molar refractivity (Wildman–Crippen MR) is 113 cm³/mol. The van der Waals surface area contributed by atoms with E-state index in [2.05, 4.69) is 5.32 Å². The van der Waals surface area contributed by atoms with Gasteiger partial charge in [0.15, 0.2) is 0 Å². The van der Waals surface area contributed by atoms with Gasteiger partial charge in [-0.05, 0) is 43.6 Å². The smallest absolute Gasteiger partial charge is 0.261 e. The van der Waals surface area contributed by atoms with Crippen molar-refractivity contribution in [3.05, 3.63) is 35.4 Å². The molecule has 1 aliphatic carbocycles. The summed E-state index contributed by atoms with van der Waals surface area (Å²) >= 11 is 1.63. The number of imide groups is 1. The van der Waals surface area contributed by atoms with Crippen LogP contribution in [0.3, 0.4) is 0 Å². The van der Waals surface area contributed by atoms with Crippen LogP contribution in [0, 0.1) is 0 Å². The van der Waals surface area contributed by atoms with Crippen LogP contribution in [0.5, 0.6) is 0 Å². The summed E-state index contributed by atoms with van der Waals surface area (Å²) in [6.07, 6.45) is 10.2. The maximum absolute atomic E-state index is 12.3. The highest BCUT2D eigenvalue weighted by Crippen LogP contribution is 2.23. The number of benzene rings is 1. The van der Waals surface area contributed by atoms with Gasteiger partial charge in [0.2, 0.25) is 5.91 Å². The number of rotatable bonds is 8. The molecule has 0 aromatic heterocycles. The van der Waals surface area contributed by atoms with Crippen LogP contribution in [0.2, 0.25) is 0 Å². The first kappa shape index (κ1) is 20.9. The van der Waals surface area contributed by atoms with E-state index in [4.69, 9.17) is 0 Å². The van der Waals surface area contributed by atoms with Crippen LogP contribution < -0.4 is 5.32 Å². The summed E-state index contributed by atoms with van der Waals surface area (Å²) in [5.74, 6) is 1.11. The van der Waals surface area contributed by atoms with Crippen LogP contribution in [-0.2, 0) is 4.79 Å². The molecule has 0 saturated heterocycles. The number of nitrogens with zero attached hydrogens (tertiary/aromatic N) is 1. The molecule has 28 heavy (non-hydrogen) atoms. The number of carbonyl (C=O) groups excluding carboxylic acids is 3. The molecule has 1 saturated carbocycles. The molecule has 1 fully saturated rings. The molecule has 152 valence electrons. The van der Waals surface area contributed by atoms with Gasteiger partial charge in [-0.15, -0.1) is 0 Å². The van der Waals surface area contributed by atoms with Gasteiger partial charge in [0.25, 0.3) is 11.8 Å². The fraction of sp³-hybridized carbons (Fsp3) is 0.591. The number of hydrogen-bond donors (Lipinski definition) is 1. The average Bonchev–Trinajstić information content (AvgIpc) is 2.91. The molecule has 0 bridgehead atoms. The van der Waals surface area contributed by atoms with Crippen molar-refractivity contribution in [2.24, 2.45) is 0 Å². The predicted octanol–water partition coefficient (Wildman–Crippen LogP) is 4.03. The average molecular weight is 403 g/mol. The van der Waals surface area contributed by atoms with Gasteiger partial charge >= 0.3 is 0 Å². The van der Waals surface area contributed by atoms with E-state index in [0.29, 0.717) is 29.5 Å². The Hall–Kier alpha value is -1.82. The first-order valence-corrected chi connectivity index (χ1v) is 11.6. The Balaban J connectivity index is 1.29. The van der Waals surface area contributed by atoms with Crippen molar-refractivity contribution < 1.29 is 14.4 Å². The van der Waals surface area contributed by atoms with Gasteiger partial charge in [-0.1, -0.05) is 44.2 Å². The zero-order chi connectivity index (χ0) is 19.8. The topological polar surface area (TPSA) is 66.5 Å². The van der Waals surface area contributed by atoms with Crippen molar-refractivity contribution in [1.29, 1.82) is 0 Å². The molecule has 1 aliphatic heterocycles. The number of fused-ring (bicyclic) bond motifs is 1. The van der Waals surface area contributed by atoms with E-state index in [9.17, 15) is 14.4 Å². The van der Waals surface area contributed by atoms with Crippen LogP contribution in [0.15, 0.2) is 24.3 Å². The number of nitrogens with one attached hydrogen (secondary N) is 1. The van der Waals surface area contributed by atoms with E-state index in [1.165, 1.54) is 37.0 Å². The second-order valence-electron chi connectivity index (χ2n) is 7.68. The summed E-state index contributed by atoms with van der Waals surface area (Å²) in [6, 6.07) is 7.33. The SMILES string of the molecule is O=C(CSCCCCN1C(=O)c2ccccc2C1=O)NC1CCCCCCC1. The minimum absolute atomic E-state index is 0.135. The molecule has 3 amide bonds. The molecule has 0 spiro atoms. The molecule has 1 aromatic rings. The zero-order valence-electron chi connectivity index (χ0n) is 16.5. The number of hydrogen-bond acceptors (Lipinski definition) is 4. The van der Waals surface area contributed by atoms with Gasteiger partial charge in [-0.25, -0.2) is 0 Å². The second kappa shape index (κ2) is 10.6. The Bertz CT molecular complexity index is 664. The van der Waals surface area contributed by atoms with Gasteiger partial charge in [-0.2, -0.15) is 11.8 Å². The lowest BCUT2D eigenvalue weighted by Crippen LogP contribution is -2.36. The van der Waals surface area contributed by atoms with Crippen molar-refractivity contribution >= 4 is 29.5 Å². The Morgan fingerprint density at radius 1 is 0.964 bits per heavy atom. The lowest BCUT2D eigenvalue weighted by Gasteiger charge is -2.21. The van der Waals surface area contributed by atoms with Crippen LogP contribution in [0.25, 0.3) is 0 Å². The van der Waals surface area contributed by atoms with E-state index < -0.39 is 0 Å². The summed E-state index contributed by atoms with van der Waals surface area (Å²) < 4.78 is 0. The van der Waals surface area contributed by atoms with E-state index in [-0.39, 0.29) is 17.7 Å². The molecule has 0 radical (unpaired) electrons. The Kier molecular flexibility index (Phi) is 7.95. The monoisotopic (exact) mass is 402 g/mol. The first-order chi connectivity index (χ1) is 13.7. The fourth-order valence-electron chi connectivity index (χ4n) is 3.95. The standard InChI is InChI=1S/C22H30N2O3S/c25-20(23-17-10-4-2-1-3-5-11-17)16-28-15-9-8-14-24-21(26)18-12-6-7-13-19(18)22(24)27/h6-7,12-13,17H,1-5,8-11,14-16H2,(H,23,25). The quantitative estimate of drug-likeness (QED) is 0.527. The minimum Gasteiger partial charge on any atom is -0.353 e. The van der Waals surface area contributed by atoms with E-state index in [1.807, 2.05) is 0 Å². The fourth-order valence-corrected chi connectivity index (χ4v) is 4.77. The summed E-state index contributed by atoms with van der Waals surface area (Å²) in [6.45, 7) is 0.446. The van der Waals surface area contributed by atoms with E-state index in [1.54, 1.807) is 36.0 Å². The van der Waals surface area contributed by atoms with Crippen molar-refractivity contribution in [3.8, 4) is 0 Å². The van der Waals surface area contributed by atoms with Gasteiger partial charge in [-0.3, -0.25) is 19.3 Å². The van der Waals surface area contributed by atoms with Gasteiger partial charge in [0.05, 0.1) is 16.9 Å². The molecule has 6 heteroatoms. The molecule has 0 atom stereocenters. The molecule has 1 heterocycles. The molecule has 2 aliphatic rings. The Labute approximate surface area is 171 Å². The van der Waals surface area contributed by atoms with Crippen molar-refractivity contribution in [2.45, 2.75) is 63.8 Å².